The summed E-state index contributed by atoms with van der Waals surface area (Å²) < 4.78 is 30.0. The molecule has 106 valence electrons. The number of halogens is 4. The Bertz CT molecular complexity index is 583. The van der Waals surface area contributed by atoms with E-state index in [9.17, 15) is 8.78 Å². The summed E-state index contributed by atoms with van der Waals surface area (Å²) >= 11 is 11.5. The van der Waals surface area contributed by atoms with E-state index in [2.05, 4.69) is 0 Å². The van der Waals surface area contributed by atoms with Crippen LogP contribution in [0.4, 0.5) is 8.78 Å². The summed E-state index contributed by atoms with van der Waals surface area (Å²) in [5, 5.41) is 1.49. The van der Waals surface area contributed by atoms with Crippen LogP contribution in [0.2, 0.25) is 10.0 Å². The molecule has 0 heterocycles. The number of rotatable bonds is 3. The van der Waals surface area contributed by atoms with E-state index < -0.39 is 19.7 Å². The summed E-state index contributed by atoms with van der Waals surface area (Å²) in [6.45, 7) is 0. The van der Waals surface area contributed by atoms with Crippen molar-refractivity contribution in [2.45, 2.75) is 0 Å². The van der Waals surface area contributed by atoms with Crippen molar-refractivity contribution in [2.75, 3.05) is 14.1 Å². The molecule has 0 aromatic heterocycles. The van der Waals surface area contributed by atoms with Gasteiger partial charge in [0.1, 0.15) is 11.6 Å². The normalized spacial score (nSPS) is 11.4. The van der Waals surface area contributed by atoms with E-state index in [0.717, 1.165) is 0 Å². The van der Waals surface area contributed by atoms with Crippen molar-refractivity contribution in [1.82, 2.24) is 4.67 Å². The Hall–Kier alpha value is -0.730. The standard InChI is InChI=1S/C14H12Cl2F2NP/c1-19(2)20(13-5-3-9(15)7-11(13)17)14-6-4-10(16)8-12(14)18/h3-8H,1-2H3. The lowest BCUT2D eigenvalue weighted by Crippen LogP contribution is -2.26. The first-order valence-corrected chi connectivity index (χ1v) is 7.82. The smallest absolute Gasteiger partial charge is 0.133 e. The fourth-order valence-corrected chi connectivity index (χ4v) is 4.27. The molecule has 2 rings (SSSR count). The SMILES string of the molecule is CN(C)P(c1ccc(Cl)cc1F)c1ccc(Cl)cc1F. The third-order valence-corrected chi connectivity index (χ3v) is 5.58. The highest BCUT2D eigenvalue weighted by Crippen LogP contribution is 2.38. The molecular weight excluding hydrogens is 322 g/mol. The molecule has 0 aliphatic heterocycles. The zero-order chi connectivity index (χ0) is 14.9. The average molecular weight is 334 g/mol. The van der Waals surface area contributed by atoms with Crippen LogP contribution in [-0.2, 0) is 0 Å². The summed E-state index contributed by atoms with van der Waals surface area (Å²) in [5.74, 6) is -0.877. The lowest BCUT2D eigenvalue weighted by molar-refractivity contribution is 0.627. The molecule has 0 saturated carbocycles. The third kappa shape index (κ3) is 3.29. The topological polar surface area (TPSA) is 3.24 Å². The van der Waals surface area contributed by atoms with E-state index in [1.807, 2.05) is 0 Å². The van der Waals surface area contributed by atoms with Gasteiger partial charge >= 0.3 is 0 Å². The van der Waals surface area contributed by atoms with Gasteiger partial charge < -0.3 is 0 Å². The molecule has 0 fully saturated rings. The molecule has 0 radical (unpaired) electrons. The maximum absolute atomic E-state index is 14.1. The largest absolute Gasteiger partial charge is 0.281 e. The van der Waals surface area contributed by atoms with Crippen LogP contribution < -0.4 is 10.6 Å². The molecule has 0 aliphatic rings. The van der Waals surface area contributed by atoms with E-state index >= 15 is 0 Å². The number of hydrogen-bond acceptors (Lipinski definition) is 1. The molecule has 2 aromatic rings. The second-order valence-electron chi connectivity index (χ2n) is 4.35. The van der Waals surface area contributed by atoms with Gasteiger partial charge in [-0.1, -0.05) is 23.2 Å². The number of benzene rings is 2. The van der Waals surface area contributed by atoms with Gasteiger partial charge in [0.15, 0.2) is 0 Å². The first kappa shape index (κ1) is 15.7. The van der Waals surface area contributed by atoms with E-state index in [1.54, 1.807) is 43.0 Å². The van der Waals surface area contributed by atoms with Gasteiger partial charge in [-0.05, 0) is 50.5 Å². The van der Waals surface area contributed by atoms with Gasteiger partial charge in [-0.25, -0.2) is 8.78 Å². The zero-order valence-electron chi connectivity index (χ0n) is 10.9. The minimum Gasteiger partial charge on any atom is -0.281 e. The summed E-state index contributed by atoms with van der Waals surface area (Å²) in [4.78, 5) is 0. The van der Waals surface area contributed by atoms with Crippen LogP contribution in [0.3, 0.4) is 0 Å². The van der Waals surface area contributed by atoms with Crippen LogP contribution in [0.5, 0.6) is 0 Å². The molecule has 2 aromatic carbocycles. The Labute approximate surface area is 127 Å². The Morgan fingerprint density at radius 2 is 1.25 bits per heavy atom. The summed E-state index contributed by atoms with van der Waals surface area (Å²) in [7, 11) is 2.26. The Balaban J connectivity index is 2.56. The predicted molar refractivity (Wildman–Crippen MR) is 82.7 cm³/mol. The highest BCUT2D eigenvalue weighted by Gasteiger charge is 2.23. The molecule has 0 atom stereocenters. The Morgan fingerprint density at radius 3 is 1.55 bits per heavy atom. The average Bonchev–Trinajstić information content (AvgIpc) is 2.34. The van der Waals surface area contributed by atoms with Crippen molar-refractivity contribution < 1.29 is 8.78 Å². The second-order valence-corrected chi connectivity index (χ2v) is 7.61. The van der Waals surface area contributed by atoms with Crippen LogP contribution in [0.25, 0.3) is 0 Å². The maximum Gasteiger partial charge on any atom is 0.133 e. The number of hydrogen-bond donors (Lipinski definition) is 0. The van der Waals surface area contributed by atoms with Gasteiger partial charge in [-0.2, -0.15) is 0 Å². The van der Waals surface area contributed by atoms with Crippen molar-refractivity contribution >= 4 is 41.9 Å². The van der Waals surface area contributed by atoms with Gasteiger partial charge in [0.25, 0.3) is 0 Å². The third-order valence-electron chi connectivity index (χ3n) is 2.68. The molecule has 0 bridgehead atoms. The monoisotopic (exact) mass is 333 g/mol. The van der Waals surface area contributed by atoms with Gasteiger partial charge in [0.2, 0.25) is 0 Å². The van der Waals surface area contributed by atoms with E-state index in [4.69, 9.17) is 23.2 Å². The first-order valence-electron chi connectivity index (χ1n) is 5.77. The van der Waals surface area contributed by atoms with Gasteiger partial charge in [-0.15, -0.1) is 0 Å². The van der Waals surface area contributed by atoms with Gasteiger partial charge in [-0.3, -0.25) is 4.67 Å². The van der Waals surface area contributed by atoms with Crippen LogP contribution in [0, 0.1) is 11.6 Å². The van der Waals surface area contributed by atoms with E-state index in [-0.39, 0.29) is 0 Å². The van der Waals surface area contributed by atoms with Crippen LogP contribution in [-0.4, -0.2) is 18.8 Å². The van der Waals surface area contributed by atoms with Gasteiger partial charge in [0, 0.05) is 28.7 Å². The minimum absolute atomic E-state index is 0.316. The lowest BCUT2D eigenvalue weighted by Gasteiger charge is -2.26. The van der Waals surface area contributed by atoms with Crippen LogP contribution in [0.1, 0.15) is 0 Å². The summed E-state index contributed by atoms with van der Waals surface area (Å²) in [5.41, 5.74) is 0. The fourth-order valence-electron chi connectivity index (χ4n) is 1.87. The predicted octanol–water partition coefficient (Wildman–Crippen LogP) is 4.18. The molecule has 0 amide bonds. The lowest BCUT2D eigenvalue weighted by atomic mass is 10.3. The molecule has 0 N–H and O–H groups in total. The maximum atomic E-state index is 14.1. The molecule has 6 heteroatoms. The molecule has 1 nitrogen and oxygen atoms in total. The van der Waals surface area contributed by atoms with Crippen molar-refractivity contribution in [3.63, 3.8) is 0 Å². The summed E-state index contributed by atoms with van der Waals surface area (Å²) in [6, 6.07) is 8.88. The van der Waals surface area contributed by atoms with Gasteiger partial charge in [0.05, 0.1) is 0 Å². The molecule has 0 aliphatic carbocycles. The van der Waals surface area contributed by atoms with Crippen molar-refractivity contribution in [2.24, 2.45) is 0 Å². The minimum atomic E-state index is -1.31. The molecule has 0 spiro atoms. The fraction of sp³-hybridized carbons (Fsp3) is 0.143. The highest BCUT2D eigenvalue weighted by molar-refractivity contribution is 7.70. The van der Waals surface area contributed by atoms with Crippen LogP contribution in [0.15, 0.2) is 36.4 Å². The molecule has 0 saturated heterocycles. The molecular formula is C14H12Cl2F2NP. The number of nitrogens with zero attached hydrogens (tertiary/aromatic N) is 1. The van der Waals surface area contributed by atoms with E-state index in [1.165, 1.54) is 12.1 Å². The highest BCUT2D eigenvalue weighted by atomic mass is 35.5. The quantitative estimate of drug-likeness (QED) is 0.761. The first-order chi connectivity index (χ1) is 9.40. The Morgan fingerprint density at radius 1 is 0.850 bits per heavy atom. The molecule has 0 unspecified atom stereocenters. The van der Waals surface area contributed by atoms with E-state index in [0.29, 0.717) is 20.7 Å². The van der Waals surface area contributed by atoms with Crippen molar-refractivity contribution in [1.29, 1.82) is 0 Å². The Kier molecular flexibility index (Phi) is 4.98. The summed E-state index contributed by atoms with van der Waals surface area (Å²) in [6.07, 6.45) is 0. The molecule has 20 heavy (non-hydrogen) atoms. The van der Waals surface area contributed by atoms with Crippen molar-refractivity contribution in [3.8, 4) is 0 Å². The second kappa shape index (κ2) is 6.36. The van der Waals surface area contributed by atoms with Crippen molar-refractivity contribution in [3.05, 3.63) is 58.1 Å². The van der Waals surface area contributed by atoms with Crippen LogP contribution >= 0.6 is 31.3 Å². The zero-order valence-corrected chi connectivity index (χ0v) is 13.3.